The number of nitrogens with two attached hydrogens (primary N) is 1. The Balaban J connectivity index is 3.10. The summed E-state index contributed by atoms with van der Waals surface area (Å²) in [5.74, 6) is 0. The second-order valence-electron chi connectivity index (χ2n) is 5.39. The zero-order valence-electron chi connectivity index (χ0n) is 11.3. The van der Waals surface area contributed by atoms with E-state index in [0.717, 1.165) is 12.8 Å². The molecule has 98 valence electrons. The summed E-state index contributed by atoms with van der Waals surface area (Å²) in [5.41, 5.74) is 5.50. The van der Waals surface area contributed by atoms with Gasteiger partial charge >= 0.3 is 0 Å². The van der Waals surface area contributed by atoms with Gasteiger partial charge in [-0.05, 0) is 13.3 Å². The number of unbranched alkanes of at least 4 members (excludes halogenated alkanes) is 8. The summed E-state index contributed by atoms with van der Waals surface area (Å²) < 4.78 is 0. The highest BCUT2D eigenvalue weighted by molar-refractivity contribution is 4.76. The molecule has 1 atom stereocenters. The third kappa shape index (κ3) is 10.4. The van der Waals surface area contributed by atoms with E-state index in [1.165, 1.54) is 51.4 Å². The first-order valence-electron chi connectivity index (χ1n) is 7.02. The van der Waals surface area contributed by atoms with Crippen molar-refractivity contribution in [2.24, 2.45) is 5.73 Å². The van der Waals surface area contributed by atoms with Crippen LogP contribution in [0.15, 0.2) is 0 Å². The first-order valence-corrected chi connectivity index (χ1v) is 7.02. The van der Waals surface area contributed by atoms with Gasteiger partial charge in [0.1, 0.15) is 0 Å². The molecule has 0 fully saturated rings. The Morgan fingerprint density at radius 2 is 1.31 bits per heavy atom. The lowest BCUT2D eigenvalue weighted by molar-refractivity contribution is 0.197. The van der Waals surface area contributed by atoms with E-state index in [1.807, 2.05) is 6.92 Å². The molecule has 3 N–H and O–H groups in total. The van der Waals surface area contributed by atoms with E-state index >= 15 is 0 Å². The highest BCUT2D eigenvalue weighted by Crippen LogP contribution is 2.14. The number of hydrogen-bond acceptors (Lipinski definition) is 2. The molecule has 0 radical (unpaired) electrons. The van der Waals surface area contributed by atoms with Crippen molar-refractivity contribution in [3.63, 3.8) is 0 Å². The van der Waals surface area contributed by atoms with Gasteiger partial charge in [-0.15, -0.1) is 0 Å². The molecule has 2 nitrogen and oxygen atoms in total. The fraction of sp³-hybridized carbons (Fsp3) is 1.00. The normalized spacial score (nSPS) is 15.0. The smallest absolute Gasteiger partial charge is 0.0608 e. The molecule has 0 aliphatic heterocycles. The van der Waals surface area contributed by atoms with Gasteiger partial charge in [-0.1, -0.05) is 64.7 Å². The van der Waals surface area contributed by atoms with Crippen LogP contribution in [-0.2, 0) is 0 Å². The van der Waals surface area contributed by atoms with Crippen molar-refractivity contribution >= 4 is 0 Å². The maximum Gasteiger partial charge on any atom is 0.0608 e. The number of aliphatic hydroxyl groups excluding tert-OH is 1. The highest BCUT2D eigenvalue weighted by Gasteiger charge is 2.15. The molecule has 0 heterocycles. The van der Waals surface area contributed by atoms with Gasteiger partial charge in [0.05, 0.1) is 6.61 Å². The topological polar surface area (TPSA) is 46.2 Å². The minimum absolute atomic E-state index is 0.101. The molecule has 0 saturated carbocycles. The molecule has 1 unspecified atom stereocenters. The molecular weight excluding hydrogens is 198 g/mol. The van der Waals surface area contributed by atoms with Crippen molar-refractivity contribution < 1.29 is 5.11 Å². The maximum atomic E-state index is 8.99. The third-order valence-electron chi connectivity index (χ3n) is 3.21. The van der Waals surface area contributed by atoms with Crippen LogP contribution in [0, 0.1) is 0 Å². The Bertz CT molecular complexity index is 146. The molecular formula is C14H31NO. The summed E-state index contributed by atoms with van der Waals surface area (Å²) in [7, 11) is 0. The molecule has 2 heteroatoms. The summed E-state index contributed by atoms with van der Waals surface area (Å²) >= 11 is 0. The fourth-order valence-corrected chi connectivity index (χ4v) is 1.92. The Morgan fingerprint density at radius 3 is 1.75 bits per heavy atom. The van der Waals surface area contributed by atoms with Gasteiger partial charge in [0.2, 0.25) is 0 Å². The van der Waals surface area contributed by atoms with Crippen LogP contribution in [0.4, 0.5) is 0 Å². The van der Waals surface area contributed by atoms with E-state index in [1.54, 1.807) is 0 Å². The quantitative estimate of drug-likeness (QED) is 0.532. The summed E-state index contributed by atoms with van der Waals surface area (Å²) in [6, 6.07) is 0. The minimum atomic E-state index is -0.360. The second-order valence-corrected chi connectivity index (χ2v) is 5.39. The van der Waals surface area contributed by atoms with Crippen molar-refractivity contribution in [3.05, 3.63) is 0 Å². The summed E-state index contributed by atoms with van der Waals surface area (Å²) in [4.78, 5) is 0. The van der Waals surface area contributed by atoms with Gasteiger partial charge in [0.25, 0.3) is 0 Å². The van der Waals surface area contributed by atoms with Gasteiger partial charge < -0.3 is 10.8 Å². The monoisotopic (exact) mass is 229 g/mol. The van der Waals surface area contributed by atoms with Crippen molar-refractivity contribution in [2.75, 3.05) is 6.61 Å². The molecule has 0 spiro atoms. The fourth-order valence-electron chi connectivity index (χ4n) is 1.92. The van der Waals surface area contributed by atoms with Crippen LogP contribution in [0.2, 0.25) is 0 Å². The predicted octanol–water partition coefficient (Wildman–Crippen LogP) is 3.62. The Kier molecular flexibility index (Phi) is 10.0. The van der Waals surface area contributed by atoms with Gasteiger partial charge in [-0.3, -0.25) is 0 Å². The Labute approximate surface area is 102 Å². The molecule has 0 aromatic heterocycles. The zero-order chi connectivity index (χ0) is 12.3. The van der Waals surface area contributed by atoms with Crippen molar-refractivity contribution in [3.8, 4) is 0 Å². The number of aliphatic hydroxyl groups is 1. The van der Waals surface area contributed by atoms with Gasteiger partial charge in [0.15, 0.2) is 0 Å². The molecule has 0 aliphatic carbocycles. The summed E-state index contributed by atoms with van der Waals surface area (Å²) in [5, 5.41) is 8.99. The third-order valence-corrected chi connectivity index (χ3v) is 3.21. The van der Waals surface area contributed by atoms with Crippen LogP contribution >= 0.6 is 0 Å². The van der Waals surface area contributed by atoms with E-state index in [-0.39, 0.29) is 12.1 Å². The average Bonchev–Trinajstić information content (AvgIpc) is 2.27. The zero-order valence-corrected chi connectivity index (χ0v) is 11.3. The van der Waals surface area contributed by atoms with Gasteiger partial charge in [-0.2, -0.15) is 0 Å². The molecule has 0 aromatic carbocycles. The lowest BCUT2D eigenvalue weighted by Crippen LogP contribution is -2.39. The van der Waals surface area contributed by atoms with Crippen LogP contribution < -0.4 is 5.73 Å². The van der Waals surface area contributed by atoms with Crippen LogP contribution in [0.1, 0.15) is 78.1 Å². The van der Waals surface area contributed by atoms with Crippen molar-refractivity contribution in [2.45, 2.75) is 83.6 Å². The average molecular weight is 229 g/mol. The molecule has 0 aliphatic rings. The Hall–Kier alpha value is -0.0800. The van der Waals surface area contributed by atoms with E-state index in [4.69, 9.17) is 10.8 Å². The lowest BCUT2D eigenvalue weighted by Gasteiger charge is -2.21. The lowest BCUT2D eigenvalue weighted by atomic mass is 9.96. The van der Waals surface area contributed by atoms with E-state index < -0.39 is 0 Å². The second kappa shape index (κ2) is 10.1. The Morgan fingerprint density at radius 1 is 0.875 bits per heavy atom. The highest BCUT2D eigenvalue weighted by atomic mass is 16.3. The molecule has 0 bridgehead atoms. The van der Waals surface area contributed by atoms with Crippen molar-refractivity contribution in [1.82, 2.24) is 0 Å². The van der Waals surface area contributed by atoms with E-state index in [9.17, 15) is 0 Å². The molecule has 16 heavy (non-hydrogen) atoms. The summed E-state index contributed by atoms with van der Waals surface area (Å²) in [6.45, 7) is 4.28. The number of rotatable bonds is 11. The number of hydrogen-bond donors (Lipinski definition) is 2. The first kappa shape index (κ1) is 15.9. The minimum Gasteiger partial charge on any atom is -0.394 e. The molecule has 0 saturated heterocycles. The first-order chi connectivity index (χ1) is 7.62. The van der Waals surface area contributed by atoms with Crippen LogP contribution in [-0.4, -0.2) is 17.3 Å². The predicted molar refractivity (Wildman–Crippen MR) is 71.5 cm³/mol. The van der Waals surface area contributed by atoms with E-state index in [0.29, 0.717) is 0 Å². The van der Waals surface area contributed by atoms with Crippen molar-refractivity contribution in [1.29, 1.82) is 0 Å². The molecule has 0 rings (SSSR count). The summed E-state index contributed by atoms with van der Waals surface area (Å²) in [6.07, 6.45) is 13.0. The van der Waals surface area contributed by atoms with Crippen LogP contribution in [0.3, 0.4) is 0 Å². The van der Waals surface area contributed by atoms with E-state index in [2.05, 4.69) is 6.92 Å². The molecule has 0 aromatic rings. The van der Waals surface area contributed by atoms with Gasteiger partial charge in [-0.25, -0.2) is 0 Å². The largest absolute Gasteiger partial charge is 0.394 e. The molecule has 0 amide bonds. The van der Waals surface area contributed by atoms with Crippen LogP contribution in [0.25, 0.3) is 0 Å². The SMILES string of the molecule is CCCCCCCCCCCC(C)(N)CO. The van der Waals surface area contributed by atoms with Crippen LogP contribution in [0.5, 0.6) is 0 Å². The maximum absolute atomic E-state index is 8.99. The van der Waals surface area contributed by atoms with Gasteiger partial charge in [0, 0.05) is 5.54 Å². The standard InChI is InChI=1S/C14H31NO/c1-3-4-5-6-7-8-9-10-11-12-14(2,15)13-16/h16H,3-13,15H2,1-2H3.